The van der Waals surface area contributed by atoms with E-state index in [2.05, 4.69) is 16.1 Å². The van der Waals surface area contributed by atoms with Gasteiger partial charge in [0.2, 0.25) is 5.91 Å². The van der Waals surface area contributed by atoms with E-state index in [4.69, 9.17) is 11.6 Å². The van der Waals surface area contributed by atoms with E-state index in [1.165, 1.54) is 11.1 Å². The van der Waals surface area contributed by atoms with Gasteiger partial charge >= 0.3 is 6.18 Å². The highest BCUT2D eigenvalue weighted by Crippen LogP contribution is 2.43. The number of benzene rings is 1. The lowest BCUT2D eigenvalue weighted by molar-refractivity contribution is -0.159. The van der Waals surface area contributed by atoms with Gasteiger partial charge in [-0.05, 0) is 43.6 Å². The van der Waals surface area contributed by atoms with Crippen LogP contribution in [0.5, 0.6) is 0 Å². The molecule has 0 bridgehead atoms. The molecule has 1 amide bonds. The molecule has 5 nitrogen and oxygen atoms in total. The zero-order valence-electron chi connectivity index (χ0n) is 14.4. The number of hydrazine groups is 1. The Morgan fingerprint density at radius 3 is 2.41 bits per heavy atom. The average Bonchev–Trinajstić information content (AvgIpc) is 3.02. The molecule has 0 aromatic heterocycles. The first kappa shape index (κ1) is 18.6. The minimum atomic E-state index is -4.47. The fourth-order valence-electron chi connectivity index (χ4n) is 4.20. The zero-order chi connectivity index (χ0) is 19.2. The Labute approximate surface area is 159 Å². The summed E-state index contributed by atoms with van der Waals surface area (Å²) in [4.78, 5) is 12.3. The Morgan fingerprint density at radius 1 is 1.11 bits per heavy atom. The Balaban J connectivity index is 1.72. The van der Waals surface area contributed by atoms with Crippen molar-refractivity contribution in [3.05, 3.63) is 46.6 Å². The SMILES string of the molecule is O=C1C=C(C2CCNCC2)N2NC(C(F)(F)F)C(c3ccc(Cl)cc3)C2N1. The van der Waals surface area contributed by atoms with Crippen LogP contribution in [-0.2, 0) is 4.79 Å². The molecule has 146 valence electrons. The van der Waals surface area contributed by atoms with Gasteiger partial charge in [-0.1, -0.05) is 23.7 Å². The van der Waals surface area contributed by atoms with Crippen molar-refractivity contribution in [2.45, 2.75) is 37.1 Å². The predicted molar refractivity (Wildman–Crippen MR) is 94.6 cm³/mol. The monoisotopic (exact) mass is 400 g/mol. The van der Waals surface area contributed by atoms with Crippen molar-refractivity contribution in [1.29, 1.82) is 0 Å². The lowest BCUT2D eigenvalue weighted by Crippen LogP contribution is -2.54. The number of halogens is 4. The van der Waals surface area contributed by atoms with Crippen molar-refractivity contribution in [1.82, 2.24) is 21.1 Å². The Hall–Kier alpha value is -1.77. The van der Waals surface area contributed by atoms with Crippen LogP contribution < -0.4 is 16.1 Å². The number of fused-ring (bicyclic) bond motifs is 1. The zero-order valence-corrected chi connectivity index (χ0v) is 15.1. The van der Waals surface area contributed by atoms with Crippen LogP contribution in [0.2, 0.25) is 5.02 Å². The number of nitrogens with one attached hydrogen (secondary N) is 3. The minimum absolute atomic E-state index is 0.0464. The number of carbonyl (C=O) groups excluding carboxylic acids is 1. The molecular weight excluding hydrogens is 381 g/mol. The molecule has 0 saturated carbocycles. The Morgan fingerprint density at radius 2 is 1.78 bits per heavy atom. The molecule has 3 atom stereocenters. The van der Waals surface area contributed by atoms with Crippen molar-refractivity contribution in [2.75, 3.05) is 13.1 Å². The van der Waals surface area contributed by atoms with Gasteiger partial charge in [0, 0.05) is 22.7 Å². The molecular formula is C18H20ClF3N4O. The highest BCUT2D eigenvalue weighted by atomic mass is 35.5. The molecule has 0 spiro atoms. The molecule has 1 aromatic rings. The highest BCUT2D eigenvalue weighted by Gasteiger charge is 2.57. The first-order valence-electron chi connectivity index (χ1n) is 8.95. The number of carbonyl (C=O) groups is 1. The van der Waals surface area contributed by atoms with Gasteiger partial charge in [0.15, 0.2) is 0 Å². The van der Waals surface area contributed by atoms with Gasteiger partial charge in [-0.15, -0.1) is 0 Å². The summed E-state index contributed by atoms with van der Waals surface area (Å²) in [7, 11) is 0. The van der Waals surface area contributed by atoms with Gasteiger partial charge < -0.3 is 10.6 Å². The molecule has 0 radical (unpaired) electrons. The summed E-state index contributed by atoms with van der Waals surface area (Å²) < 4.78 is 41.5. The summed E-state index contributed by atoms with van der Waals surface area (Å²) in [6.45, 7) is 1.57. The molecule has 0 aliphatic carbocycles. The number of piperidine rings is 1. The van der Waals surface area contributed by atoms with Crippen LogP contribution in [0.4, 0.5) is 13.2 Å². The first-order valence-corrected chi connectivity index (χ1v) is 9.33. The van der Waals surface area contributed by atoms with Gasteiger partial charge in [0.1, 0.15) is 12.2 Å². The third kappa shape index (κ3) is 3.53. The van der Waals surface area contributed by atoms with Gasteiger partial charge in [0.05, 0.1) is 5.92 Å². The summed E-state index contributed by atoms with van der Waals surface area (Å²) in [6.07, 6.45) is -2.28. The summed E-state index contributed by atoms with van der Waals surface area (Å²) in [5.74, 6) is -1.28. The van der Waals surface area contributed by atoms with E-state index < -0.39 is 24.3 Å². The lowest BCUT2D eigenvalue weighted by atomic mass is 9.88. The van der Waals surface area contributed by atoms with Crippen molar-refractivity contribution in [3.8, 4) is 0 Å². The molecule has 3 unspecified atom stereocenters. The number of amides is 1. The fraction of sp³-hybridized carbons (Fsp3) is 0.500. The predicted octanol–water partition coefficient (Wildman–Crippen LogP) is 2.51. The van der Waals surface area contributed by atoms with Crippen molar-refractivity contribution >= 4 is 17.5 Å². The molecule has 4 rings (SSSR count). The highest BCUT2D eigenvalue weighted by molar-refractivity contribution is 6.30. The number of allylic oxidation sites excluding steroid dienone is 1. The van der Waals surface area contributed by atoms with E-state index >= 15 is 0 Å². The maximum Gasteiger partial charge on any atom is 0.406 e. The molecule has 3 aliphatic rings. The largest absolute Gasteiger partial charge is 0.406 e. The van der Waals surface area contributed by atoms with Crippen LogP contribution in [0.1, 0.15) is 24.3 Å². The van der Waals surface area contributed by atoms with E-state index in [0.29, 0.717) is 16.3 Å². The average molecular weight is 401 g/mol. The second-order valence-corrected chi connectivity index (χ2v) is 7.58. The van der Waals surface area contributed by atoms with Gasteiger partial charge in [-0.3, -0.25) is 9.80 Å². The third-order valence-corrected chi connectivity index (χ3v) is 5.72. The molecule has 3 aliphatic heterocycles. The maximum absolute atomic E-state index is 13.8. The second kappa shape index (κ2) is 7.00. The Bertz CT molecular complexity index is 746. The molecule has 9 heteroatoms. The van der Waals surface area contributed by atoms with Crippen LogP contribution in [0, 0.1) is 5.92 Å². The summed E-state index contributed by atoms with van der Waals surface area (Å²) in [5.41, 5.74) is 3.75. The van der Waals surface area contributed by atoms with Crippen molar-refractivity contribution < 1.29 is 18.0 Å². The number of hydrogen-bond acceptors (Lipinski definition) is 4. The summed E-state index contributed by atoms with van der Waals surface area (Å²) >= 11 is 5.90. The van der Waals surface area contributed by atoms with Crippen molar-refractivity contribution in [2.24, 2.45) is 5.92 Å². The number of hydrogen-bond donors (Lipinski definition) is 3. The third-order valence-electron chi connectivity index (χ3n) is 5.47. The van der Waals surface area contributed by atoms with Crippen LogP contribution >= 0.6 is 11.6 Å². The molecule has 27 heavy (non-hydrogen) atoms. The number of nitrogens with zero attached hydrogens (tertiary/aromatic N) is 1. The minimum Gasteiger partial charge on any atom is -0.330 e. The van der Waals surface area contributed by atoms with Gasteiger partial charge in [-0.25, -0.2) is 5.43 Å². The van der Waals surface area contributed by atoms with Crippen LogP contribution in [0.25, 0.3) is 0 Å². The van der Waals surface area contributed by atoms with E-state index in [9.17, 15) is 18.0 Å². The van der Waals surface area contributed by atoms with E-state index in [-0.39, 0.29) is 11.8 Å². The second-order valence-electron chi connectivity index (χ2n) is 7.14. The standard InChI is InChI=1S/C18H20ClF3N4O/c19-12-3-1-11(2-4-12)15-16(18(20,21)22)25-26-13(9-14(27)24-17(15)26)10-5-7-23-8-6-10/h1-4,9-10,15-17,23,25H,5-8H2,(H,24,27). The molecule has 2 fully saturated rings. The van der Waals surface area contributed by atoms with Crippen LogP contribution in [0.15, 0.2) is 36.0 Å². The van der Waals surface area contributed by atoms with E-state index in [0.717, 1.165) is 25.9 Å². The first-order chi connectivity index (χ1) is 12.8. The number of rotatable bonds is 2. The smallest absolute Gasteiger partial charge is 0.330 e. The lowest BCUT2D eigenvalue weighted by Gasteiger charge is -2.39. The molecule has 3 heterocycles. The van der Waals surface area contributed by atoms with E-state index in [1.807, 2.05) is 0 Å². The van der Waals surface area contributed by atoms with Crippen LogP contribution in [0.3, 0.4) is 0 Å². The molecule has 1 aromatic carbocycles. The summed E-state index contributed by atoms with van der Waals surface area (Å²) in [5, 5.41) is 7.93. The van der Waals surface area contributed by atoms with Crippen molar-refractivity contribution in [3.63, 3.8) is 0 Å². The quantitative estimate of drug-likeness (QED) is 0.714. The molecule has 2 saturated heterocycles. The maximum atomic E-state index is 13.8. The fourth-order valence-corrected chi connectivity index (χ4v) is 4.33. The normalized spacial score (nSPS) is 29.3. The van der Waals surface area contributed by atoms with Gasteiger partial charge in [0.25, 0.3) is 0 Å². The van der Waals surface area contributed by atoms with E-state index in [1.54, 1.807) is 24.3 Å². The topological polar surface area (TPSA) is 56.4 Å². The Kier molecular flexibility index (Phi) is 4.82. The summed E-state index contributed by atoms with van der Waals surface area (Å²) in [6, 6.07) is 4.52. The van der Waals surface area contributed by atoms with Gasteiger partial charge in [-0.2, -0.15) is 13.2 Å². The molecule has 3 N–H and O–H groups in total. The van der Waals surface area contributed by atoms with Crippen LogP contribution in [-0.4, -0.2) is 42.4 Å². The number of alkyl halides is 3.